The average molecular weight is 565 g/mol. The van der Waals surface area contributed by atoms with Gasteiger partial charge in [-0.15, -0.1) is 0 Å². The minimum absolute atomic E-state index is 0.0543. The van der Waals surface area contributed by atoms with Crippen molar-refractivity contribution in [3.8, 4) is 5.75 Å². The molecule has 3 N–H and O–H groups in total. The van der Waals surface area contributed by atoms with Crippen LogP contribution in [0.3, 0.4) is 0 Å². The Balaban J connectivity index is 1.42. The Morgan fingerprint density at radius 3 is 2.27 bits per heavy atom. The van der Waals surface area contributed by atoms with E-state index in [2.05, 4.69) is 21.2 Å². The molecular weight excluding hydrogens is 540 g/mol. The number of carbonyl (C=O) groups is 3. The first kappa shape index (κ1) is 27.4. The van der Waals surface area contributed by atoms with E-state index in [9.17, 15) is 14.4 Å². The van der Waals surface area contributed by atoms with Crippen LogP contribution in [-0.2, 0) is 9.59 Å². The van der Waals surface area contributed by atoms with Crippen molar-refractivity contribution in [3.05, 3.63) is 124 Å². The molecule has 9 heteroatoms. The number of nitrogens with one attached hydrogen (secondary N) is 3. The van der Waals surface area contributed by atoms with Crippen molar-refractivity contribution in [2.24, 2.45) is 5.10 Å². The molecule has 0 fully saturated rings. The van der Waals surface area contributed by atoms with Crippen LogP contribution in [0.1, 0.15) is 27.0 Å². The molecule has 0 radical (unpaired) electrons. The van der Waals surface area contributed by atoms with Gasteiger partial charge in [-0.2, -0.15) is 5.10 Å². The molecule has 1 aliphatic rings. The van der Waals surface area contributed by atoms with Gasteiger partial charge in [-0.05, 0) is 66.6 Å². The molecule has 0 saturated heterocycles. The van der Waals surface area contributed by atoms with Crippen LogP contribution in [0.25, 0.3) is 6.08 Å². The minimum atomic E-state index is -0.563. The number of benzene rings is 4. The van der Waals surface area contributed by atoms with E-state index in [4.69, 9.17) is 16.3 Å². The number of methoxy groups -OCH3 is 1. The van der Waals surface area contributed by atoms with Crippen molar-refractivity contribution >= 4 is 58.0 Å². The Morgan fingerprint density at radius 2 is 1.54 bits per heavy atom. The van der Waals surface area contributed by atoms with Crippen molar-refractivity contribution in [1.82, 2.24) is 0 Å². The fourth-order valence-electron chi connectivity index (χ4n) is 4.30. The number of ether oxygens (including phenoxy) is 1. The van der Waals surface area contributed by atoms with Gasteiger partial charge in [0.25, 0.3) is 11.8 Å². The summed E-state index contributed by atoms with van der Waals surface area (Å²) in [4.78, 5) is 39.3. The predicted octanol–water partition coefficient (Wildman–Crippen LogP) is 6.33. The first-order chi connectivity index (χ1) is 19.8. The molecule has 0 heterocycles. The number of ketones is 1. The quantitative estimate of drug-likeness (QED) is 0.179. The van der Waals surface area contributed by atoms with Crippen LogP contribution < -0.4 is 20.8 Å². The number of amides is 2. The highest BCUT2D eigenvalue weighted by Gasteiger charge is 2.30. The predicted molar refractivity (Wildman–Crippen MR) is 162 cm³/mol. The second-order valence-corrected chi connectivity index (χ2v) is 9.63. The topological polar surface area (TPSA) is 109 Å². The number of rotatable bonds is 7. The number of hydrogen-bond donors (Lipinski definition) is 3. The number of Topliss-reactive ketones (excluding diaryl/α,β-unsaturated/α-hetero) is 1. The lowest BCUT2D eigenvalue weighted by Gasteiger charge is -2.18. The van der Waals surface area contributed by atoms with E-state index in [-0.39, 0.29) is 17.2 Å². The van der Waals surface area contributed by atoms with Crippen LogP contribution in [-0.4, -0.2) is 30.4 Å². The van der Waals surface area contributed by atoms with Gasteiger partial charge in [-0.1, -0.05) is 54.1 Å². The number of carbonyl (C=O) groups excluding carboxylic acids is 3. The van der Waals surface area contributed by atoms with Gasteiger partial charge in [0, 0.05) is 33.6 Å². The van der Waals surface area contributed by atoms with Crippen LogP contribution in [0.2, 0.25) is 5.02 Å². The van der Waals surface area contributed by atoms with E-state index >= 15 is 0 Å². The van der Waals surface area contributed by atoms with Gasteiger partial charge < -0.3 is 15.4 Å². The van der Waals surface area contributed by atoms with E-state index < -0.39 is 11.7 Å². The molecule has 0 spiro atoms. The summed E-state index contributed by atoms with van der Waals surface area (Å²) in [6, 6.07) is 26.1. The van der Waals surface area contributed by atoms with Gasteiger partial charge in [-0.25, -0.2) is 0 Å². The monoisotopic (exact) mass is 564 g/mol. The summed E-state index contributed by atoms with van der Waals surface area (Å²) in [5.74, 6) is -0.954. The van der Waals surface area contributed by atoms with Crippen LogP contribution in [0.15, 0.2) is 102 Å². The Labute approximate surface area is 241 Å². The van der Waals surface area contributed by atoms with Crippen molar-refractivity contribution < 1.29 is 19.1 Å². The fraction of sp³-hybridized carbons (Fsp3) is 0.0625. The van der Waals surface area contributed by atoms with Gasteiger partial charge in [0.15, 0.2) is 0 Å². The standard InChI is InChI=1S/C32H25ClN4O4/c1-19-16-27(28(41-2)18-26(19)35-31(39)20-8-4-3-5-9-20)36-37-29-24-11-7-6-10-21(24)17-25(30(29)38)32(40)34-23-14-12-22(33)13-15-23/h3-18,36H,1-2H3,(H,34,40)(H,35,39)/b37-29-. The summed E-state index contributed by atoms with van der Waals surface area (Å²) in [7, 11) is 1.49. The second kappa shape index (κ2) is 11.9. The highest BCUT2D eigenvalue weighted by molar-refractivity contribution is 6.59. The lowest BCUT2D eigenvalue weighted by Crippen LogP contribution is -2.30. The molecule has 4 aromatic carbocycles. The number of hydrazone groups is 1. The second-order valence-electron chi connectivity index (χ2n) is 9.20. The molecule has 0 aliphatic heterocycles. The molecule has 2 amide bonds. The normalized spacial score (nSPS) is 13.2. The highest BCUT2D eigenvalue weighted by atomic mass is 35.5. The molecule has 4 aromatic rings. The first-order valence-electron chi connectivity index (χ1n) is 12.7. The van der Waals surface area contributed by atoms with E-state index in [1.807, 2.05) is 25.1 Å². The van der Waals surface area contributed by atoms with Gasteiger partial charge >= 0.3 is 0 Å². The largest absolute Gasteiger partial charge is 0.494 e. The molecule has 0 atom stereocenters. The molecule has 0 unspecified atom stereocenters. The lowest BCUT2D eigenvalue weighted by molar-refractivity contribution is -0.116. The summed E-state index contributed by atoms with van der Waals surface area (Å²) in [6.07, 6.45) is 1.55. The zero-order valence-electron chi connectivity index (χ0n) is 22.2. The molecule has 8 nitrogen and oxygen atoms in total. The van der Waals surface area contributed by atoms with Crippen LogP contribution in [0.5, 0.6) is 5.75 Å². The van der Waals surface area contributed by atoms with Gasteiger partial charge in [0.1, 0.15) is 11.5 Å². The molecule has 1 aliphatic carbocycles. The van der Waals surface area contributed by atoms with Crippen molar-refractivity contribution in [3.63, 3.8) is 0 Å². The highest BCUT2D eigenvalue weighted by Crippen LogP contribution is 2.32. The zero-order chi connectivity index (χ0) is 28.9. The molecule has 204 valence electrons. The molecule has 0 bridgehead atoms. The van der Waals surface area contributed by atoms with E-state index in [0.717, 1.165) is 5.56 Å². The number of halogens is 1. The number of anilines is 3. The van der Waals surface area contributed by atoms with E-state index in [0.29, 0.717) is 44.5 Å². The summed E-state index contributed by atoms with van der Waals surface area (Å²) >= 11 is 5.94. The maximum atomic E-state index is 13.5. The van der Waals surface area contributed by atoms with Crippen LogP contribution >= 0.6 is 11.6 Å². The Kier molecular flexibility index (Phi) is 7.94. The average Bonchev–Trinajstić information content (AvgIpc) is 2.99. The van der Waals surface area contributed by atoms with Crippen LogP contribution in [0, 0.1) is 6.92 Å². The first-order valence-corrected chi connectivity index (χ1v) is 13.0. The number of nitrogens with zero attached hydrogens (tertiary/aromatic N) is 1. The Bertz CT molecular complexity index is 1710. The summed E-state index contributed by atoms with van der Waals surface area (Å²) in [5, 5.41) is 10.6. The zero-order valence-corrected chi connectivity index (χ0v) is 23.0. The number of aryl methyl sites for hydroxylation is 1. The molecule has 41 heavy (non-hydrogen) atoms. The van der Waals surface area contributed by atoms with E-state index in [1.54, 1.807) is 78.9 Å². The number of fused-ring (bicyclic) bond motifs is 1. The Morgan fingerprint density at radius 1 is 0.829 bits per heavy atom. The maximum absolute atomic E-state index is 13.5. The third-order valence-corrected chi connectivity index (χ3v) is 6.69. The van der Waals surface area contributed by atoms with Gasteiger partial charge in [-0.3, -0.25) is 19.8 Å². The lowest BCUT2D eigenvalue weighted by atomic mass is 9.89. The van der Waals surface area contributed by atoms with Crippen molar-refractivity contribution in [1.29, 1.82) is 0 Å². The third-order valence-electron chi connectivity index (χ3n) is 6.44. The maximum Gasteiger partial charge on any atom is 0.259 e. The third kappa shape index (κ3) is 6.03. The molecular formula is C32H25ClN4O4. The van der Waals surface area contributed by atoms with Gasteiger partial charge in [0.05, 0.1) is 18.4 Å². The summed E-state index contributed by atoms with van der Waals surface area (Å²) in [5.41, 5.74) is 7.02. The van der Waals surface area contributed by atoms with Crippen molar-refractivity contribution in [2.45, 2.75) is 6.92 Å². The molecule has 0 aromatic heterocycles. The van der Waals surface area contributed by atoms with Crippen LogP contribution in [0.4, 0.5) is 17.1 Å². The van der Waals surface area contributed by atoms with E-state index in [1.165, 1.54) is 7.11 Å². The number of hydrogen-bond acceptors (Lipinski definition) is 6. The van der Waals surface area contributed by atoms with Crippen molar-refractivity contribution in [2.75, 3.05) is 23.2 Å². The summed E-state index contributed by atoms with van der Waals surface area (Å²) < 4.78 is 5.55. The minimum Gasteiger partial charge on any atom is -0.494 e. The SMILES string of the molecule is COc1cc(NC(=O)c2ccccc2)c(C)cc1N/N=C1\C(=O)C(C(=O)Nc2ccc(Cl)cc2)=Cc2ccccc21. The molecule has 5 rings (SSSR count). The van der Waals surface area contributed by atoms with Gasteiger partial charge in [0.2, 0.25) is 5.78 Å². The smallest absolute Gasteiger partial charge is 0.259 e. The molecule has 0 saturated carbocycles. The Hall–Kier alpha value is -5.21. The fourth-order valence-corrected chi connectivity index (χ4v) is 4.43. The summed E-state index contributed by atoms with van der Waals surface area (Å²) in [6.45, 7) is 1.83.